The fourth-order valence-corrected chi connectivity index (χ4v) is 1.53. The largest absolute Gasteiger partial charge is 0.392 e. The molecular weight excluding hydrogens is 152 g/mol. The number of aliphatic hydroxyl groups is 2. The Morgan fingerprint density at radius 2 is 2.33 bits per heavy atom. The molecule has 0 aromatic rings. The van der Waals surface area contributed by atoms with E-state index in [9.17, 15) is 0 Å². The van der Waals surface area contributed by atoms with E-state index in [1.165, 1.54) is 0 Å². The molecule has 1 atom stereocenters. The van der Waals surface area contributed by atoms with Gasteiger partial charge in [0.1, 0.15) is 0 Å². The number of aliphatic hydroxyl groups excluding tert-OH is 2. The van der Waals surface area contributed by atoms with Crippen molar-refractivity contribution in [2.45, 2.75) is 19.3 Å². The van der Waals surface area contributed by atoms with Gasteiger partial charge in [-0.15, -0.1) is 0 Å². The second-order valence-electron chi connectivity index (χ2n) is 3.31. The molecule has 0 amide bonds. The molecule has 1 rings (SSSR count). The zero-order valence-corrected chi connectivity index (χ0v) is 7.29. The van der Waals surface area contributed by atoms with E-state index < -0.39 is 0 Å². The first-order valence-electron chi connectivity index (χ1n) is 4.35. The van der Waals surface area contributed by atoms with Gasteiger partial charge in [0.15, 0.2) is 0 Å². The van der Waals surface area contributed by atoms with Gasteiger partial charge in [-0.3, -0.25) is 0 Å². The van der Waals surface area contributed by atoms with Crippen LogP contribution >= 0.6 is 0 Å². The molecule has 0 fully saturated rings. The lowest BCUT2D eigenvalue weighted by Gasteiger charge is -2.21. The van der Waals surface area contributed by atoms with E-state index in [-0.39, 0.29) is 13.2 Å². The van der Waals surface area contributed by atoms with Crippen molar-refractivity contribution in [2.24, 2.45) is 5.92 Å². The number of rotatable bonds is 3. The van der Waals surface area contributed by atoms with Crippen molar-refractivity contribution in [1.82, 2.24) is 0 Å². The van der Waals surface area contributed by atoms with Crippen LogP contribution in [0.25, 0.3) is 0 Å². The average Bonchev–Trinajstić information content (AvgIpc) is 2.17. The summed E-state index contributed by atoms with van der Waals surface area (Å²) in [6.45, 7) is 4.08. The first-order valence-corrected chi connectivity index (χ1v) is 4.35. The molecule has 0 aromatic heterocycles. The highest BCUT2D eigenvalue weighted by molar-refractivity contribution is 5.13. The van der Waals surface area contributed by atoms with E-state index in [4.69, 9.17) is 10.2 Å². The summed E-state index contributed by atoms with van der Waals surface area (Å²) in [7, 11) is 0. The number of hydrogen-bond acceptors (Lipinski definition) is 2. The zero-order valence-electron chi connectivity index (χ0n) is 7.29. The van der Waals surface area contributed by atoms with Gasteiger partial charge in [-0.05, 0) is 36.3 Å². The van der Waals surface area contributed by atoms with Crippen LogP contribution in [0.3, 0.4) is 0 Å². The van der Waals surface area contributed by atoms with Crippen molar-refractivity contribution in [3.63, 3.8) is 0 Å². The van der Waals surface area contributed by atoms with Crippen molar-refractivity contribution in [1.29, 1.82) is 0 Å². The quantitative estimate of drug-likeness (QED) is 0.623. The summed E-state index contributed by atoms with van der Waals surface area (Å²) < 4.78 is 0. The highest BCUT2D eigenvalue weighted by atomic mass is 16.3. The molecular formula is C10H16O2. The van der Waals surface area contributed by atoms with Crippen molar-refractivity contribution < 1.29 is 10.2 Å². The smallest absolute Gasteiger partial charge is 0.0641 e. The van der Waals surface area contributed by atoms with Crippen LogP contribution < -0.4 is 0 Å². The lowest BCUT2D eigenvalue weighted by atomic mass is 9.85. The maximum absolute atomic E-state index is 8.84. The van der Waals surface area contributed by atoms with Crippen LogP contribution in [-0.4, -0.2) is 23.4 Å². The maximum atomic E-state index is 8.84. The maximum Gasteiger partial charge on any atom is 0.0641 e. The Hall–Kier alpha value is -0.600. The van der Waals surface area contributed by atoms with Gasteiger partial charge in [-0.25, -0.2) is 0 Å². The molecule has 0 aliphatic heterocycles. The van der Waals surface area contributed by atoms with Gasteiger partial charge in [0, 0.05) is 0 Å². The highest BCUT2D eigenvalue weighted by Gasteiger charge is 2.15. The molecule has 1 aliphatic rings. The normalized spacial score (nSPS) is 23.5. The monoisotopic (exact) mass is 168 g/mol. The predicted molar refractivity (Wildman–Crippen MR) is 48.7 cm³/mol. The molecule has 0 aromatic carbocycles. The van der Waals surface area contributed by atoms with Gasteiger partial charge in [0.2, 0.25) is 0 Å². The minimum Gasteiger partial charge on any atom is -0.392 e. The number of hydrogen-bond donors (Lipinski definition) is 2. The van der Waals surface area contributed by atoms with Gasteiger partial charge >= 0.3 is 0 Å². The molecule has 68 valence electrons. The van der Waals surface area contributed by atoms with Crippen LogP contribution in [0.15, 0.2) is 23.8 Å². The first kappa shape index (κ1) is 9.49. The average molecular weight is 168 g/mol. The van der Waals surface area contributed by atoms with E-state index >= 15 is 0 Å². The molecule has 2 N–H and O–H groups in total. The van der Waals surface area contributed by atoms with Gasteiger partial charge in [-0.2, -0.15) is 0 Å². The van der Waals surface area contributed by atoms with Crippen LogP contribution in [0.5, 0.6) is 0 Å². The van der Waals surface area contributed by atoms with Crippen LogP contribution in [0.2, 0.25) is 0 Å². The van der Waals surface area contributed by atoms with Crippen molar-refractivity contribution in [2.75, 3.05) is 13.2 Å². The molecule has 0 radical (unpaired) electrons. The van der Waals surface area contributed by atoms with Gasteiger partial charge in [0.25, 0.3) is 0 Å². The van der Waals surface area contributed by atoms with Crippen molar-refractivity contribution >= 4 is 0 Å². The Labute approximate surface area is 73.2 Å². The Kier molecular flexibility index (Phi) is 3.50. The molecule has 0 saturated heterocycles. The fourth-order valence-electron chi connectivity index (χ4n) is 1.53. The Bertz CT molecular complexity index is 194. The van der Waals surface area contributed by atoms with Crippen molar-refractivity contribution in [3.05, 3.63) is 23.8 Å². The van der Waals surface area contributed by atoms with Gasteiger partial charge in [-0.1, -0.05) is 12.7 Å². The lowest BCUT2D eigenvalue weighted by Crippen LogP contribution is -2.11. The molecule has 0 heterocycles. The zero-order chi connectivity index (χ0) is 8.97. The lowest BCUT2D eigenvalue weighted by molar-refractivity contribution is 0.300. The Morgan fingerprint density at radius 1 is 1.58 bits per heavy atom. The number of allylic oxidation sites excluding steroid dienone is 1. The van der Waals surface area contributed by atoms with E-state index in [1.54, 1.807) is 0 Å². The molecule has 12 heavy (non-hydrogen) atoms. The molecule has 1 unspecified atom stereocenters. The minimum absolute atomic E-state index is 0.0902. The first-order chi connectivity index (χ1) is 5.77. The minimum atomic E-state index is 0.0902. The summed E-state index contributed by atoms with van der Waals surface area (Å²) >= 11 is 0. The Morgan fingerprint density at radius 3 is 2.75 bits per heavy atom. The second-order valence-corrected chi connectivity index (χ2v) is 3.31. The Balaban J connectivity index is 2.46. The SMILES string of the molecule is C=C(CO)C1CC=C(CO)CC1. The third-order valence-corrected chi connectivity index (χ3v) is 2.49. The highest BCUT2D eigenvalue weighted by Crippen LogP contribution is 2.27. The molecule has 2 nitrogen and oxygen atoms in total. The van der Waals surface area contributed by atoms with Crippen LogP contribution in [0, 0.1) is 5.92 Å². The van der Waals surface area contributed by atoms with E-state index in [0.29, 0.717) is 5.92 Å². The molecule has 0 saturated carbocycles. The molecule has 2 heteroatoms. The van der Waals surface area contributed by atoms with Crippen LogP contribution in [0.4, 0.5) is 0 Å². The molecule has 1 aliphatic carbocycles. The summed E-state index contributed by atoms with van der Waals surface area (Å²) in [6, 6.07) is 0. The van der Waals surface area contributed by atoms with Gasteiger partial charge < -0.3 is 10.2 Å². The summed E-state index contributed by atoms with van der Waals surface area (Å²) in [5, 5.41) is 17.7. The van der Waals surface area contributed by atoms with E-state index in [2.05, 4.69) is 12.7 Å². The fraction of sp³-hybridized carbons (Fsp3) is 0.600. The van der Waals surface area contributed by atoms with E-state index in [1.807, 2.05) is 0 Å². The summed E-state index contributed by atoms with van der Waals surface area (Å²) in [5.41, 5.74) is 2.04. The van der Waals surface area contributed by atoms with Crippen LogP contribution in [0.1, 0.15) is 19.3 Å². The summed E-state index contributed by atoms with van der Waals surface area (Å²) in [5.74, 6) is 0.422. The van der Waals surface area contributed by atoms with Gasteiger partial charge in [0.05, 0.1) is 13.2 Å². The summed E-state index contributed by atoms with van der Waals surface area (Å²) in [6.07, 6.45) is 4.95. The molecule has 0 spiro atoms. The predicted octanol–water partition coefficient (Wildman–Crippen LogP) is 1.25. The topological polar surface area (TPSA) is 40.5 Å². The van der Waals surface area contributed by atoms with Crippen LogP contribution in [-0.2, 0) is 0 Å². The standard InChI is InChI=1S/C10H16O2/c1-8(6-11)10-4-2-9(7-12)3-5-10/h2,10-12H,1,3-7H2. The molecule has 0 bridgehead atoms. The van der Waals surface area contributed by atoms with E-state index in [0.717, 1.165) is 30.4 Å². The second kappa shape index (κ2) is 4.43. The third-order valence-electron chi connectivity index (χ3n) is 2.49. The third kappa shape index (κ3) is 2.19. The summed E-state index contributed by atoms with van der Waals surface area (Å²) in [4.78, 5) is 0. The van der Waals surface area contributed by atoms with Crippen molar-refractivity contribution in [3.8, 4) is 0 Å².